The molecule has 0 unspecified atom stereocenters. The Bertz CT molecular complexity index is 735. The fourth-order valence-corrected chi connectivity index (χ4v) is 2.84. The van der Waals surface area contributed by atoms with Gasteiger partial charge < -0.3 is 10.4 Å². The first-order valence-corrected chi connectivity index (χ1v) is 7.77. The third kappa shape index (κ3) is 4.06. The lowest BCUT2D eigenvalue weighted by Crippen LogP contribution is -2.46. The number of rotatable bonds is 5. The van der Waals surface area contributed by atoms with Gasteiger partial charge in [-0.3, -0.25) is 4.79 Å². The maximum absolute atomic E-state index is 13.3. The van der Waals surface area contributed by atoms with Gasteiger partial charge in [0, 0.05) is 17.3 Å². The van der Waals surface area contributed by atoms with Gasteiger partial charge in [0.1, 0.15) is 10.8 Å². The fourth-order valence-electron chi connectivity index (χ4n) is 1.93. The van der Waals surface area contributed by atoms with Crippen LogP contribution in [0.3, 0.4) is 0 Å². The quantitative estimate of drug-likeness (QED) is 0.852. The van der Waals surface area contributed by atoms with E-state index in [0.717, 1.165) is 0 Å². The van der Waals surface area contributed by atoms with Crippen LogP contribution in [0.2, 0.25) is 0 Å². The smallest absolute Gasteiger partial charge is 0.374 e. The molecule has 10 heteroatoms. The number of aliphatic hydroxyl groups is 1. The number of alkyl halides is 3. The molecule has 2 rings (SSSR count). The van der Waals surface area contributed by atoms with Crippen LogP contribution >= 0.6 is 11.3 Å². The number of halogens is 3. The van der Waals surface area contributed by atoms with Gasteiger partial charge in [0.05, 0.1) is 18.7 Å². The SMILES string of the molecule is Cc1csc([C@](O)(CC(=O)NCc2ccnc(C)n2)C(F)(F)F)n1. The molecular formula is C14H15F3N4O2S. The van der Waals surface area contributed by atoms with Crippen LogP contribution in [0.25, 0.3) is 0 Å². The third-order valence-electron chi connectivity index (χ3n) is 3.16. The number of thiazole rings is 1. The number of aryl methyl sites for hydroxylation is 2. The number of amides is 1. The first kappa shape index (κ1) is 18.3. The van der Waals surface area contributed by atoms with Crippen LogP contribution in [0, 0.1) is 13.8 Å². The van der Waals surface area contributed by atoms with E-state index in [2.05, 4.69) is 20.3 Å². The predicted molar refractivity (Wildman–Crippen MR) is 80.0 cm³/mol. The topological polar surface area (TPSA) is 88.0 Å². The van der Waals surface area contributed by atoms with Gasteiger partial charge in [-0.2, -0.15) is 13.2 Å². The highest BCUT2D eigenvalue weighted by atomic mass is 32.1. The minimum absolute atomic E-state index is 0.0625. The summed E-state index contributed by atoms with van der Waals surface area (Å²) in [7, 11) is 0. The van der Waals surface area contributed by atoms with Crippen LogP contribution in [-0.4, -0.2) is 32.1 Å². The van der Waals surface area contributed by atoms with Gasteiger partial charge in [-0.15, -0.1) is 11.3 Å². The number of nitrogens with one attached hydrogen (secondary N) is 1. The third-order valence-corrected chi connectivity index (χ3v) is 4.27. The minimum Gasteiger partial charge on any atom is -0.374 e. The van der Waals surface area contributed by atoms with E-state index in [-0.39, 0.29) is 6.54 Å². The Kier molecular flexibility index (Phi) is 5.19. The summed E-state index contributed by atoms with van der Waals surface area (Å²) in [6.07, 6.45) is -4.72. The minimum atomic E-state index is -5.03. The molecule has 6 nitrogen and oxygen atoms in total. The summed E-state index contributed by atoms with van der Waals surface area (Å²) >= 11 is 0.660. The summed E-state index contributed by atoms with van der Waals surface area (Å²) in [6, 6.07) is 1.54. The van der Waals surface area contributed by atoms with Crippen molar-refractivity contribution in [2.45, 2.75) is 38.6 Å². The maximum atomic E-state index is 13.3. The summed E-state index contributed by atoms with van der Waals surface area (Å²) in [5.74, 6) is -0.481. The molecule has 0 bridgehead atoms. The number of hydrogen-bond acceptors (Lipinski definition) is 6. The second kappa shape index (κ2) is 6.81. The molecule has 2 heterocycles. The molecule has 0 saturated heterocycles. The van der Waals surface area contributed by atoms with Crippen LogP contribution in [0.4, 0.5) is 13.2 Å². The molecule has 130 valence electrons. The van der Waals surface area contributed by atoms with Crippen molar-refractivity contribution in [3.05, 3.63) is 39.9 Å². The molecule has 0 fully saturated rings. The lowest BCUT2D eigenvalue weighted by Gasteiger charge is -2.27. The first-order valence-electron chi connectivity index (χ1n) is 6.89. The van der Waals surface area contributed by atoms with Crippen LogP contribution in [0.5, 0.6) is 0 Å². The number of hydrogen-bond donors (Lipinski definition) is 2. The molecule has 2 aromatic rings. The van der Waals surface area contributed by atoms with Crippen molar-refractivity contribution in [3.8, 4) is 0 Å². The van der Waals surface area contributed by atoms with Gasteiger partial charge in [-0.25, -0.2) is 15.0 Å². The zero-order valence-corrected chi connectivity index (χ0v) is 13.7. The van der Waals surface area contributed by atoms with E-state index in [1.807, 2.05) is 0 Å². The molecule has 1 amide bonds. The lowest BCUT2D eigenvalue weighted by molar-refractivity contribution is -0.267. The van der Waals surface area contributed by atoms with Crippen molar-refractivity contribution < 1.29 is 23.1 Å². The molecule has 0 spiro atoms. The van der Waals surface area contributed by atoms with E-state index in [0.29, 0.717) is 28.5 Å². The van der Waals surface area contributed by atoms with Crippen LogP contribution in [-0.2, 0) is 16.9 Å². The molecule has 0 aromatic carbocycles. The second-order valence-corrected chi connectivity index (χ2v) is 6.06. The predicted octanol–water partition coefficient (Wildman–Crippen LogP) is 2.01. The monoisotopic (exact) mass is 360 g/mol. The number of nitrogens with zero attached hydrogens (tertiary/aromatic N) is 3. The highest BCUT2D eigenvalue weighted by Crippen LogP contribution is 2.42. The average Bonchev–Trinajstić information content (AvgIpc) is 2.91. The summed E-state index contributed by atoms with van der Waals surface area (Å²) < 4.78 is 39.9. The summed E-state index contributed by atoms with van der Waals surface area (Å²) in [4.78, 5) is 23.5. The highest BCUT2D eigenvalue weighted by molar-refractivity contribution is 7.09. The standard InChI is InChI=1S/C14H15F3N4O2S/c1-8-7-24-12(20-8)13(23,14(15,16)17)5-11(22)19-6-10-3-4-18-9(2)21-10/h3-4,7,23H,5-6H2,1-2H3,(H,19,22)/t13-/m1/s1. The highest BCUT2D eigenvalue weighted by Gasteiger charge is 2.58. The number of carbonyl (C=O) groups is 1. The zero-order valence-electron chi connectivity index (χ0n) is 12.9. The molecule has 2 N–H and O–H groups in total. The van der Waals surface area contributed by atoms with Crippen molar-refractivity contribution in [3.63, 3.8) is 0 Å². The molecule has 0 aliphatic carbocycles. The first-order chi connectivity index (χ1) is 11.1. The summed E-state index contributed by atoms with van der Waals surface area (Å²) in [5.41, 5.74) is -2.52. The van der Waals surface area contributed by atoms with Crippen molar-refractivity contribution in [1.82, 2.24) is 20.3 Å². The van der Waals surface area contributed by atoms with E-state index >= 15 is 0 Å². The van der Waals surface area contributed by atoms with Gasteiger partial charge in [0.25, 0.3) is 0 Å². The fraction of sp³-hybridized carbons (Fsp3) is 0.429. The molecule has 1 atom stereocenters. The lowest BCUT2D eigenvalue weighted by atomic mass is 9.99. The van der Waals surface area contributed by atoms with Crippen molar-refractivity contribution >= 4 is 17.2 Å². The largest absolute Gasteiger partial charge is 0.424 e. The zero-order chi connectivity index (χ0) is 18.0. The Morgan fingerprint density at radius 3 is 2.58 bits per heavy atom. The molecule has 0 aliphatic rings. The van der Waals surface area contributed by atoms with Crippen LogP contribution < -0.4 is 5.32 Å². The van der Waals surface area contributed by atoms with Crippen molar-refractivity contribution in [2.24, 2.45) is 0 Å². The van der Waals surface area contributed by atoms with Gasteiger partial charge in [-0.1, -0.05) is 0 Å². The molecule has 24 heavy (non-hydrogen) atoms. The number of aromatic nitrogens is 3. The van der Waals surface area contributed by atoms with Crippen LogP contribution in [0.1, 0.15) is 28.6 Å². The van der Waals surface area contributed by atoms with Crippen LogP contribution in [0.15, 0.2) is 17.6 Å². The molecule has 0 aliphatic heterocycles. The van der Waals surface area contributed by atoms with E-state index < -0.39 is 29.1 Å². The Labute approximate surface area is 139 Å². The normalized spacial score (nSPS) is 14.2. The Morgan fingerprint density at radius 2 is 2.04 bits per heavy atom. The Morgan fingerprint density at radius 1 is 1.33 bits per heavy atom. The van der Waals surface area contributed by atoms with Crippen molar-refractivity contribution in [2.75, 3.05) is 0 Å². The van der Waals surface area contributed by atoms with E-state index in [9.17, 15) is 23.1 Å². The van der Waals surface area contributed by atoms with Gasteiger partial charge in [-0.05, 0) is 19.9 Å². The average molecular weight is 360 g/mol. The maximum Gasteiger partial charge on any atom is 0.424 e. The Hall–Kier alpha value is -2.07. The molecule has 0 radical (unpaired) electrons. The van der Waals surface area contributed by atoms with E-state index in [4.69, 9.17) is 0 Å². The molecule has 0 saturated carbocycles. The summed E-state index contributed by atoms with van der Waals surface area (Å²) in [6.45, 7) is 3.10. The van der Waals surface area contributed by atoms with Crippen molar-refractivity contribution in [1.29, 1.82) is 0 Å². The van der Waals surface area contributed by atoms with E-state index in [1.54, 1.807) is 6.92 Å². The van der Waals surface area contributed by atoms with E-state index in [1.165, 1.54) is 24.6 Å². The number of carbonyl (C=O) groups excluding carboxylic acids is 1. The van der Waals surface area contributed by atoms with Gasteiger partial charge in [0.15, 0.2) is 0 Å². The van der Waals surface area contributed by atoms with Gasteiger partial charge in [0.2, 0.25) is 11.5 Å². The van der Waals surface area contributed by atoms with Gasteiger partial charge >= 0.3 is 6.18 Å². The molecule has 2 aromatic heterocycles. The molecular weight excluding hydrogens is 345 g/mol. The Balaban J connectivity index is 2.11. The summed E-state index contributed by atoms with van der Waals surface area (Å²) in [5, 5.41) is 13.2. The second-order valence-electron chi connectivity index (χ2n) is 5.20.